The van der Waals surface area contributed by atoms with Crippen molar-refractivity contribution >= 4 is 11.9 Å². The molecule has 0 unspecified atom stereocenters. The SMILES string of the molecule is CC1=C(C(N)=O)[C@H](c2ccc(F)cc2)n2nc(CCCO)nc2N1. The van der Waals surface area contributed by atoms with E-state index in [0.29, 0.717) is 41.4 Å². The molecular formula is C16H18FN5O2. The highest BCUT2D eigenvalue weighted by atomic mass is 19.1. The minimum atomic E-state index is -0.576. The zero-order valence-electron chi connectivity index (χ0n) is 13.2. The van der Waals surface area contributed by atoms with Crippen LogP contribution in [0.15, 0.2) is 35.5 Å². The number of fused-ring (bicyclic) bond motifs is 1. The van der Waals surface area contributed by atoms with Crippen molar-refractivity contribution < 1.29 is 14.3 Å². The first kappa shape index (κ1) is 16.1. The second-order valence-electron chi connectivity index (χ2n) is 5.61. The number of halogens is 1. The lowest BCUT2D eigenvalue weighted by molar-refractivity contribution is -0.115. The largest absolute Gasteiger partial charge is 0.396 e. The predicted octanol–water partition coefficient (Wildman–Crippen LogP) is 1.12. The van der Waals surface area contributed by atoms with E-state index in [0.717, 1.165) is 0 Å². The summed E-state index contributed by atoms with van der Waals surface area (Å²) in [7, 11) is 0. The number of hydrogen-bond donors (Lipinski definition) is 3. The van der Waals surface area contributed by atoms with Crippen LogP contribution in [0.1, 0.15) is 30.8 Å². The molecule has 1 aliphatic rings. The molecule has 0 fully saturated rings. The number of nitrogens with zero attached hydrogens (tertiary/aromatic N) is 3. The molecule has 1 aromatic carbocycles. The number of allylic oxidation sites excluding steroid dienone is 1. The number of nitrogens with one attached hydrogen (secondary N) is 1. The minimum Gasteiger partial charge on any atom is -0.396 e. The van der Waals surface area contributed by atoms with Gasteiger partial charge in [0.15, 0.2) is 5.82 Å². The molecule has 0 saturated heterocycles. The van der Waals surface area contributed by atoms with Crippen LogP contribution in [0.4, 0.5) is 10.3 Å². The highest BCUT2D eigenvalue weighted by Gasteiger charge is 2.33. The van der Waals surface area contributed by atoms with Crippen molar-refractivity contribution in [1.82, 2.24) is 14.8 Å². The van der Waals surface area contributed by atoms with E-state index in [9.17, 15) is 9.18 Å². The number of aliphatic hydroxyl groups is 1. The molecule has 7 nitrogen and oxygen atoms in total. The van der Waals surface area contributed by atoms with E-state index < -0.39 is 11.9 Å². The third-order valence-electron chi connectivity index (χ3n) is 3.91. The molecule has 2 heterocycles. The average molecular weight is 331 g/mol. The number of hydrogen-bond acceptors (Lipinski definition) is 5. The zero-order valence-corrected chi connectivity index (χ0v) is 13.2. The van der Waals surface area contributed by atoms with Gasteiger partial charge in [-0.05, 0) is 31.0 Å². The summed E-state index contributed by atoms with van der Waals surface area (Å²) in [4.78, 5) is 16.4. The van der Waals surface area contributed by atoms with Crippen LogP contribution >= 0.6 is 0 Å². The van der Waals surface area contributed by atoms with Gasteiger partial charge in [-0.15, -0.1) is 0 Å². The van der Waals surface area contributed by atoms with Crippen LogP contribution in [0, 0.1) is 5.82 Å². The van der Waals surface area contributed by atoms with Gasteiger partial charge >= 0.3 is 0 Å². The molecular weight excluding hydrogens is 313 g/mol. The Balaban J connectivity index is 2.09. The number of aliphatic hydroxyl groups excluding tert-OH is 1. The monoisotopic (exact) mass is 331 g/mol. The quantitative estimate of drug-likeness (QED) is 0.761. The van der Waals surface area contributed by atoms with Gasteiger partial charge in [0.1, 0.15) is 11.9 Å². The van der Waals surface area contributed by atoms with E-state index in [2.05, 4.69) is 15.4 Å². The number of benzene rings is 1. The Morgan fingerprint density at radius 1 is 1.42 bits per heavy atom. The minimum absolute atomic E-state index is 0.0442. The Morgan fingerprint density at radius 3 is 2.75 bits per heavy atom. The molecule has 3 rings (SSSR count). The standard InChI is InChI=1S/C16H18FN5O2/c1-9-13(15(18)24)14(10-4-6-11(17)7-5-10)22-16(19-9)20-12(21-22)3-2-8-23/h4-7,14,23H,2-3,8H2,1H3,(H2,18,24)(H,19,20,21)/t14-/m0/s1. The molecule has 2 aromatic rings. The van der Waals surface area contributed by atoms with Gasteiger partial charge in [-0.25, -0.2) is 9.07 Å². The van der Waals surface area contributed by atoms with Crippen molar-refractivity contribution in [3.05, 3.63) is 52.7 Å². The van der Waals surface area contributed by atoms with Crippen molar-refractivity contribution in [3.63, 3.8) is 0 Å². The van der Waals surface area contributed by atoms with Gasteiger partial charge in [0.05, 0.1) is 5.57 Å². The lowest BCUT2D eigenvalue weighted by Crippen LogP contribution is -2.31. The smallest absolute Gasteiger partial charge is 0.248 e. The van der Waals surface area contributed by atoms with Crippen molar-refractivity contribution in [2.75, 3.05) is 11.9 Å². The summed E-state index contributed by atoms with van der Waals surface area (Å²) in [5.74, 6) is 0.0980. The summed E-state index contributed by atoms with van der Waals surface area (Å²) in [5.41, 5.74) is 7.18. The Hall–Kier alpha value is -2.74. The Labute approximate surface area is 138 Å². The number of carbonyl (C=O) groups is 1. The highest BCUT2D eigenvalue weighted by molar-refractivity contribution is 5.95. The summed E-state index contributed by atoms with van der Waals surface area (Å²) >= 11 is 0. The Kier molecular flexibility index (Phi) is 4.30. The predicted molar refractivity (Wildman–Crippen MR) is 85.5 cm³/mol. The van der Waals surface area contributed by atoms with E-state index in [-0.39, 0.29) is 12.4 Å². The molecule has 1 aliphatic heterocycles. The first-order valence-electron chi connectivity index (χ1n) is 7.60. The summed E-state index contributed by atoms with van der Waals surface area (Å²) in [6, 6.07) is 5.28. The lowest BCUT2D eigenvalue weighted by Gasteiger charge is -2.27. The fraction of sp³-hybridized carbons (Fsp3) is 0.312. The van der Waals surface area contributed by atoms with Gasteiger partial charge in [-0.3, -0.25) is 4.79 Å². The molecule has 126 valence electrons. The van der Waals surface area contributed by atoms with E-state index in [1.54, 1.807) is 23.7 Å². The normalized spacial score (nSPS) is 16.7. The number of nitrogens with two attached hydrogens (primary N) is 1. The zero-order chi connectivity index (χ0) is 17.3. The van der Waals surface area contributed by atoms with Gasteiger partial charge in [-0.2, -0.15) is 10.1 Å². The summed E-state index contributed by atoms with van der Waals surface area (Å²) in [5, 5.41) is 16.4. The second-order valence-corrected chi connectivity index (χ2v) is 5.61. The van der Waals surface area contributed by atoms with Crippen LogP contribution in [-0.4, -0.2) is 32.4 Å². The lowest BCUT2D eigenvalue weighted by atomic mass is 9.95. The van der Waals surface area contributed by atoms with Crippen LogP contribution in [-0.2, 0) is 11.2 Å². The van der Waals surface area contributed by atoms with Gasteiger partial charge in [0.25, 0.3) is 0 Å². The van der Waals surface area contributed by atoms with Gasteiger partial charge < -0.3 is 16.2 Å². The molecule has 24 heavy (non-hydrogen) atoms. The highest BCUT2D eigenvalue weighted by Crippen LogP contribution is 2.34. The number of aryl methyl sites for hydroxylation is 1. The third kappa shape index (κ3) is 2.88. The topological polar surface area (TPSA) is 106 Å². The molecule has 1 aromatic heterocycles. The maximum absolute atomic E-state index is 13.3. The van der Waals surface area contributed by atoms with E-state index in [1.165, 1.54) is 12.1 Å². The molecule has 0 radical (unpaired) electrons. The van der Waals surface area contributed by atoms with Crippen LogP contribution in [0.5, 0.6) is 0 Å². The van der Waals surface area contributed by atoms with Crippen LogP contribution in [0.3, 0.4) is 0 Å². The van der Waals surface area contributed by atoms with Crippen LogP contribution < -0.4 is 11.1 Å². The summed E-state index contributed by atoms with van der Waals surface area (Å²) in [6.07, 6.45) is 1.05. The number of rotatable bonds is 5. The molecule has 0 spiro atoms. The third-order valence-corrected chi connectivity index (χ3v) is 3.91. The molecule has 8 heteroatoms. The second kappa shape index (κ2) is 6.40. The average Bonchev–Trinajstić information content (AvgIpc) is 2.94. The summed E-state index contributed by atoms with van der Waals surface area (Å²) < 4.78 is 14.8. The number of amides is 1. The summed E-state index contributed by atoms with van der Waals surface area (Å²) in [6.45, 7) is 1.78. The van der Waals surface area contributed by atoms with Gasteiger partial charge in [0.2, 0.25) is 11.9 Å². The van der Waals surface area contributed by atoms with Crippen LogP contribution in [0.25, 0.3) is 0 Å². The van der Waals surface area contributed by atoms with Crippen molar-refractivity contribution in [2.45, 2.75) is 25.8 Å². The van der Waals surface area contributed by atoms with Gasteiger partial charge in [0, 0.05) is 18.7 Å². The molecule has 4 N–H and O–H groups in total. The fourth-order valence-corrected chi connectivity index (χ4v) is 2.81. The molecule has 0 saturated carbocycles. The van der Waals surface area contributed by atoms with E-state index in [4.69, 9.17) is 10.8 Å². The Bertz CT molecular complexity index is 797. The number of aromatic nitrogens is 3. The maximum atomic E-state index is 13.3. The Morgan fingerprint density at radius 2 is 2.12 bits per heavy atom. The molecule has 0 aliphatic carbocycles. The number of primary amides is 1. The van der Waals surface area contributed by atoms with Crippen molar-refractivity contribution in [3.8, 4) is 0 Å². The molecule has 0 bridgehead atoms. The number of anilines is 1. The van der Waals surface area contributed by atoms with E-state index >= 15 is 0 Å². The molecule has 1 amide bonds. The van der Waals surface area contributed by atoms with Crippen LogP contribution in [0.2, 0.25) is 0 Å². The van der Waals surface area contributed by atoms with Crippen molar-refractivity contribution in [1.29, 1.82) is 0 Å². The van der Waals surface area contributed by atoms with Gasteiger partial charge in [-0.1, -0.05) is 12.1 Å². The fourth-order valence-electron chi connectivity index (χ4n) is 2.81. The first-order chi connectivity index (χ1) is 11.5. The van der Waals surface area contributed by atoms with Crippen molar-refractivity contribution in [2.24, 2.45) is 5.73 Å². The first-order valence-corrected chi connectivity index (χ1v) is 7.60. The number of carbonyl (C=O) groups excluding carboxylic acids is 1. The molecule has 1 atom stereocenters. The maximum Gasteiger partial charge on any atom is 0.248 e. The van der Waals surface area contributed by atoms with E-state index in [1.807, 2.05) is 0 Å².